The van der Waals surface area contributed by atoms with Gasteiger partial charge in [-0.15, -0.1) is 0 Å². The lowest BCUT2D eigenvalue weighted by Gasteiger charge is -2.09. The molecule has 0 radical (unpaired) electrons. The van der Waals surface area contributed by atoms with Gasteiger partial charge in [-0.1, -0.05) is 54.1 Å². The van der Waals surface area contributed by atoms with Gasteiger partial charge in [-0.2, -0.15) is 5.10 Å². The van der Waals surface area contributed by atoms with Crippen LogP contribution in [0.25, 0.3) is 0 Å². The fourth-order valence-corrected chi connectivity index (χ4v) is 2.89. The van der Waals surface area contributed by atoms with Crippen molar-refractivity contribution in [3.8, 4) is 5.75 Å². The summed E-state index contributed by atoms with van der Waals surface area (Å²) in [4.78, 5) is 12.2. The van der Waals surface area contributed by atoms with Gasteiger partial charge in [-0.05, 0) is 52.7 Å². The molecule has 0 aromatic heterocycles. The third-order valence-electron chi connectivity index (χ3n) is 3.92. The summed E-state index contributed by atoms with van der Waals surface area (Å²) in [7, 11) is 0. The molecule has 3 aromatic carbocycles. The van der Waals surface area contributed by atoms with Crippen LogP contribution in [0.5, 0.6) is 5.75 Å². The van der Waals surface area contributed by atoms with E-state index in [-0.39, 0.29) is 5.91 Å². The number of amides is 1. The van der Waals surface area contributed by atoms with Crippen molar-refractivity contribution in [1.82, 2.24) is 5.43 Å². The number of ether oxygens (including phenoxy) is 1. The van der Waals surface area contributed by atoms with Crippen LogP contribution in [0.4, 0.5) is 0 Å². The van der Waals surface area contributed by atoms with E-state index in [0.29, 0.717) is 17.9 Å². The van der Waals surface area contributed by atoms with E-state index < -0.39 is 0 Å². The highest BCUT2D eigenvalue weighted by atomic mass is 79.9. The second kappa shape index (κ2) is 9.14. The number of nitrogens with zero attached hydrogens (tertiary/aromatic N) is 1. The van der Waals surface area contributed by atoms with Crippen LogP contribution in [0.2, 0.25) is 0 Å². The minimum Gasteiger partial charge on any atom is -0.488 e. The maximum absolute atomic E-state index is 12.2. The lowest BCUT2D eigenvalue weighted by Crippen LogP contribution is -2.18. The van der Waals surface area contributed by atoms with Gasteiger partial charge in [0.05, 0.1) is 11.8 Å². The van der Waals surface area contributed by atoms with E-state index in [0.717, 1.165) is 15.6 Å². The van der Waals surface area contributed by atoms with Crippen molar-refractivity contribution >= 4 is 28.1 Å². The molecule has 5 heteroatoms. The van der Waals surface area contributed by atoms with Gasteiger partial charge in [-0.25, -0.2) is 5.43 Å². The van der Waals surface area contributed by atoms with Crippen molar-refractivity contribution in [3.63, 3.8) is 0 Å². The van der Waals surface area contributed by atoms with Crippen molar-refractivity contribution < 1.29 is 9.53 Å². The van der Waals surface area contributed by atoms with Crippen LogP contribution in [0.3, 0.4) is 0 Å². The largest absolute Gasteiger partial charge is 0.488 e. The summed E-state index contributed by atoms with van der Waals surface area (Å²) in [6, 6.07) is 23.0. The standard InChI is InChI=1S/C22H19BrN2O2/c1-16-10-12-17(13-11-16)15-27-21-9-5-2-6-18(21)14-24-25-22(26)19-7-3-4-8-20(19)23/h2-14H,15H2,1H3,(H,25,26)/b24-14-. The lowest BCUT2D eigenvalue weighted by molar-refractivity contribution is 0.0954. The van der Waals surface area contributed by atoms with E-state index in [1.54, 1.807) is 18.3 Å². The number of hydrazone groups is 1. The molecule has 0 saturated carbocycles. The molecule has 0 aliphatic carbocycles. The quantitative estimate of drug-likeness (QED) is 0.443. The lowest BCUT2D eigenvalue weighted by atomic mass is 10.1. The molecule has 0 unspecified atom stereocenters. The molecule has 3 rings (SSSR count). The minimum atomic E-state index is -0.281. The molecular formula is C22H19BrN2O2. The number of para-hydroxylation sites is 1. The van der Waals surface area contributed by atoms with Crippen LogP contribution in [0.15, 0.2) is 82.4 Å². The first-order valence-electron chi connectivity index (χ1n) is 8.49. The summed E-state index contributed by atoms with van der Waals surface area (Å²) in [5.74, 6) is 0.425. The molecule has 0 aliphatic heterocycles. The van der Waals surface area contributed by atoms with Gasteiger partial charge in [0.15, 0.2) is 0 Å². The first-order chi connectivity index (χ1) is 13.1. The van der Waals surface area contributed by atoms with E-state index in [2.05, 4.69) is 45.5 Å². The number of aryl methyl sites for hydroxylation is 1. The summed E-state index contributed by atoms with van der Waals surface area (Å²) in [5.41, 5.74) is 6.16. The summed E-state index contributed by atoms with van der Waals surface area (Å²) in [5, 5.41) is 4.06. The third kappa shape index (κ3) is 5.28. The second-order valence-electron chi connectivity index (χ2n) is 5.99. The Morgan fingerprint density at radius 1 is 1.04 bits per heavy atom. The summed E-state index contributed by atoms with van der Waals surface area (Å²) >= 11 is 3.36. The van der Waals surface area contributed by atoms with Crippen molar-refractivity contribution in [3.05, 3.63) is 99.5 Å². The molecular weight excluding hydrogens is 404 g/mol. The van der Waals surface area contributed by atoms with Gasteiger partial charge in [0, 0.05) is 10.0 Å². The average molecular weight is 423 g/mol. The molecule has 0 spiro atoms. The number of halogens is 1. The summed E-state index contributed by atoms with van der Waals surface area (Å²) in [6.45, 7) is 2.52. The van der Waals surface area contributed by atoms with Gasteiger partial charge >= 0.3 is 0 Å². The molecule has 0 aliphatic rings. The second-order valence-corrected chi connectivity index (χ2v) is 6.85. The fourth-order valence-electron chi connectivity index (χ4n) is 2.43. The normalized spacial score (nSPS) is 10.7. The number of carbonyl (C=O) groups is 1. The van der Waals surface area contributed by atoms with Crippen LogP contribution in [0, 0.1) is 6.92 Å². The summed E-state index contributed by atoms with van der Waals surface area (Å²) < 4.78 is 6.63. The monoisotopic (exact) mass is 422 g/mol. The summed E-state index contributed by atoms with van der Waals surface area (Å²) in [6.07, 6.45) is 1.58. The van der Waals surface area contributed by atoms with Crippen LogP contribution >= 0.6 is 15.9 Å². The molecule has 0 bridgehead atoms. The zero-order valence-electron chi connectivity index (χ0n) is 14.9. The predicted molar refractivity (Wildman–Crippen MR) is 111 cm³/mol. The average Bonchev–Trinajstić information content (AvgIpc) is 2.68. The smallest absolute Gasteiger partial charge is 0.272 e. The number of carbonyl (C=O) groups excluding carboxylic acids is 1. The van der Waals surface area contributed by atoms with Gasteiger partial charge in [0.25, 0.3) is 5.91 Å². The maximum atomic E-state index is 12.2. The maximum Gasteiger partial charge on any atom is 0.272 e. The van der Waals surface area contributed by atoms with E-state index in [4.69, 9.17) is 4.74 Å². The number of hydrogen-bond acceptors (Lipinski definition) is 3. The van der Waals surface area contributed by atoms with Crippen LogP contribution in [-0.2, 0) is 6.61 Å². The van der Waals surface area contributed by atoms with Gasteiger partial charge in [-0.3, -0.25) is 4.79 Å². The Hall–Kier alpha value is -2.92. The van der Waals surface area contributed by atoms with E-state index >= 15 is 0 Å². The SMILES string of the molecule is Cc1ccc(COc2ccccc2/C=N\NC(=O)c2ccccc2Br)cc1. The predicted octanol–water partition coefficient (Wildman–Crippen LogP) is 5.10. The first kappa shape index (κ1) is 18.9. The molecule has 27 heavy (non-hydrogen) atoms. The minimum absolute atomic E-state index is 0.281. The van der Waals surface area contributed by atoms with E-state index in [9.17, 15) is 4.79 Å². The van der Waals surface area contributed by atoms with Gasteiger partial charge < -0.3 is 4.74 Å². The van der Waals surface area contributed by atoms with Crippen LogP contribution in [0.1, 0.15) is 27.0 Å². The molecule has 1 amide bonds. The molecule has 0 heterocycles. The van der Waals surface area contributed by atoms with Crippen LogP contribution < -0.4 is 10.2 Å². The van der Waals surface area contributed by atoms with Gasteiger partial charge in [0.2, 0.25) is 0 Å². The first-order valence-corrected chi connectivity index (χ1v) is 9.28. The van der Waals surface area contributed by atoms with Crippen molar-refractivity contribution in [2.45, 2.75) is 13.5 Å². The fraction of sp³-hybridized carbons (Fsp3) is 0.0909. The Labute approximate surface area is 167 Å². The number of rotatable bonds is 6. The number of benzene rings is 3. The highest BCUT2D eigenvalue weighted by Crippen LogP contribution is 2.18. The number of nitrogens with one attached hydrogen (secondary N) is 1. The van der Waals surface area contributed by atoms with Crippen molar-refractivity contribution in [2.75, 3.05) is 0 Å². The van der Waals surface area contributed by atoms with Gasteiger partial charge in [0.1, 0.15) is 12.4 Å². The molecule has 0 atom stereocenters. The Balaban J connectivity index is 1.65. The third-order valence-corrected chi connectivity index (χ3v) is 4.61. The number of hydrogen-bond donors (Lipinski definition) is 1. The zero-order valence-corrected chi connectivity index (χ0v) is 16.4. The van der Waals surface area contributed by atoms with Crippen molar-refractivity contribution in [2.24, 2.45) is 5.10 Å². The highest BCUT2D eigenvalue weighted by Gasteiger charge is 2.08. The van der Waals surface area contributed by atoms with E-state index in [1.165, 1.54) is 5.56 Å². The Morgan fingerprint density at radius 2 is 1.74 bits per heavy atom. The van der Waals surface area contributed by atoms with Crippen molar-refractivity contribution in [1.29, 1.82) is 0 Å². The van der Waals surface area contributed by atoms with Crippen LogP contribution in [-0.4, -0.2) is 12.1 Å². The van der Waals surface area contributed by atoms with E-state index in [1.807, 2.05) is 48.5 Å². The zero-order chi connectivity index (χ0) is 19.1. The molecule has 3 aromatic rings. The molecule has 0 fully saturated rings. The molecule has 136 valence electrons. The highest BCUT2D eigenvalue weighted by molar-refractivity contribution is 9.10. The Morgan fingerprint density at radius 3 is 2.52 bits per heavy atom. The molecule has 4 nitrogen and oxygen atoms in total. The Kier molecular flexibility index (Phi) is 6.39. The molecule has 0 saturated heterocycles. The molecule has 1 N–H and O–H groups in total. The topological polar surface area (TPSA) is 50.7 Å². The Bertz CT molecular complexity index is 953.